The third kappa shape index (κ3) is 3.81. The number of rotatable bonds is 5. The number of hydrogen-bond donors (Lipinski definition) is 1. The molecular weight excluding hydrogens is 174 g/mol. The van der Waals surface area contributed by atoms with Gasteiger partial charge in [0, 0.05) is 25.8 Å². The molecule has 2 heteroatoms. The van der Waals surface area contributed by atoms with Gasteiger partial charge in [0.15, 0.2) is 0 Å². The fraction of sp³-hybridized carbons (Fsp3) is 0.833. The summed E-state index contributed by atoms with van der Waals surface area (Å²) in [6, 6.07) is 0.599. The molecule has 1 saturated heterocycles. The Labute approximate surface area is 87.7 Å². The van der Waals surface area contributed by atoms with Crippen LogP contribution in [-0.4, -0.2) is 25.8 Å². The molecule has 0 aromatic carbocycles. The molecule has 1 N–H and O–H groups in total. The van der Waals surface area contributed by atoms with Crippen molar-refractivity contribution in [2.24, 2.45) is 5.92 Å². The molecule has 0 aromatic rings. The molecule has 0 aromatic heterocycles. The van der Waals surface area contributed by atoms with Crippen LogP contribution >= 0.6 is 0 Å². The van der Waals surface area contributed by atoms with Gasteiger partial charge in [0.2, 0.25) is 0 Å². The van der Waals surface area contributed by atoms with E-state index in [1.165, 1.54) is 18.4 Å². The summed E-state index contributed by atoms with van der Waals surface area (Å²) in [6.07, 6.45) is 3.48. The van der Waals surface area contributed by atoms with E-state index >= 15 is 0 Å². The van der Waals surface area contributed by atoms with Crippen molar-refractivity contribution in [3.63, 3.8) is 0 Å². The van der Waals surface area contributed by atoms with E-state index in [1.807, 2.05) is 0 Å². The van der Waals surface area contributed by atoms with Crippen LogP contribution in [0.3, 0.4) is 0 Å². The largest absolute Gasteiger partial charge is 0.381 e. The number of nitrogens with one attached hydrogen (secondary N) is 1. The van der Waals surface area contributed by atoms with Crippen molar-refractivity contribution in [1.29, 1.82) is 0 Å². The van der Waals surface area contributed by atoms with Gasteiger partial charge in [0.1, 0.15) is 0 Å². The molecule has 82 valence electrons. The zero-order valence-corrected chi connectivity index (χ0v) is 9.51. The standard InChI is InChI=1S/C12H23NO/c1-4-10(2)9-13-11(3)12-5-7-14-8-6-12/h11-13H,2,4-9H2,1,3H3. The lowest BCUT2D eigenvalue weighted by Crippen LogP contribution is -2.37. The van der Waals surface area contributed by atoms with Gasteiger partial charge in [-0.3, -0.25) is 0 Å². The van der Waals surface area contributed by atoms with Crippen LogP contribution in [0.15, 0.2) is 12.2 Å². The third-order valence-electron chi connectivity index (χ3n) is 3.15. The highest BCUT2D eigenvalue weighted by Crippen LogP contribution is 2.18. The van der Waals surface area contributed by atoms with Gasteiger partial charge in [0.25, 0.3) is 0 Å². The highest BCUT2D eigenvalue weighted by molar-refractivity contribution is 4.96. The number of ether oxygens (including phenoxy) is 1. The molecule has 1 rings (SSSR count). The molecule has 1 unspecified atom stereocenters. The second kappa shape index (κ2) is 6.20. The Morgan fingerprint density at radius 3 is 2.71 bits per heavy atom. The fourth-order valence-corrected chi connectivity index (χ4v) is 1.81. The summed E-state index contributed by atoms with van der Waals surface area (Å²) in [5.41, 5.74) is 1.30. The predicted molar refractivity (Wildman–Crippen MR) is 60.4 cm³/mol. The molecule has 2 nitrogen and oxygen atoms in total. The van der Waals surface area contributed by atoms with Gasteiger partial charge < -0.3 is 10.1 Å². The molecule has 14 heavy (non-hydrogen) atoms. The maximum absolute atomic E-state index is 5.35. The summed E-state index contributed by atoms with van der Waals surface area (Å²) in [7, 11) is 0. The highest BCUT2D eigenvalue weighted by atomic mass is 16.5. The first kappa shape index (κ1) is 11.7. The Kier molecular flexibility index (Phi) is 5.20. The van der Waals surface area contributed by atoms with E-state index in [0.717, 1.165) is 32.1 Å². The highest BCUT2D eigenvalue weighted by Gasteiger charge is 2.19. The smallest absolute Gasteiger partial charge is 0.0469 e. The van der Waals surface area contributed by atoms with Crippen LogP contribution in [0.1, 0.15) is 33.1 Å². The zero-order chi connectivity index (χ0) is 10.4. The molecule has 1 aliphatic rings. The second-order valence-corrected chi connectivity index (χ2v) is 4.22. The Hall–Kier alpha value is -0.340. The van der Waals surface area contributed by atoms with Gasteiger partial charge in [0.05, 0.1) is 0 Å². The van der Waals surface area contributed by atoms with Crippen molar-refractivity contribution >= 4 is 0 Å². The summed E-state index contributed by atoms with van der Waals surface area (Å²) in [6.45, 7) is 11.3. The van der Waals surface area contributed by atoms with Crippen LogP contribution in [0.5, 0.6) is 0 Å². The quantitative estimate of drug-likeness (QED) is 0.683. The molecule has 0 aliphatic carbocycles. The minimum absolute atomic E-state index is 0.599. The van der Waals surface area contributed by atoms with E-state index in [0.29, 0.717) is 6.04 Å². The van der Waals surface area contributed by atoms with Gasteiger partial charge >= 0.3 is 0 Å². The molecule has 0 amide bonds. The van der Waals surface area contributed by atoms with Crippen LogP contribution in [0.25, 0.3) is 0 Å². The molecule has 1 aliphatic heterocycles. The van der Waals surface area contributed by atoms with Crippen molar-refractivity contribution in [2.75, 3.05) is 19.8 Å². The van der Waals surface area contributed by atoms with E-state index in [-0.39, 0.29) is 0 Å². The summed E-state index contributed by atoms with van der Waals surface area (Å²) >= 11 is 0. The summed E-state index contributed by atoms with van der Waals surface area (Å²) in [5, 5.41) is 3.55. The normalized spacial score (nSPS) is 20.7. The first-order chi connectivity index (χ1) is 6.74. The summed E-state index contributed by atoms with van der Waals surface area (Å²) < 4.78 is 5.35. The Balaban J connectivity index is 2.19. The van der Waals surface area contributed by atoms with Crippen LogP contribution in [0, 0.1) is 5.92 Å². The van der Waals surface area contributed by atoms with Crippen LogP contribution < -0.4 is 5.32 Å². The molecule has 1 atom stereocenters. The average molecular weight is 197 g/mol. The van der Waals surface area contributed by atoms with Crippen LogP contribution in [-0.2, 0) is 4.74 Å². The maximum atomic E-state index is 5.35. The van der Waals surface area contributed by atoms with Crippen molar-refractivity contribution in [3.8, 4) is 0 Å². The molecule has 0 radical (unpaired) electrons. The minimum Gasteiger partial charge on any atom is -0.381 e. The Morgan fingerprint density at radius 1 is 1.50 bits per heavy atom. The van der Waals surface area contributed by atoms with Gasteiger partial charge in [-0.05, 0) is 32.1 Å². The van der Waals surface area contributed by atoms with Gasteiger partial charge in [-0.2, -0.15) is 0 Å². The van der Waals surface area contributed by atoms with E-state index in [4.69, 9.17) is 4.74 Å². The minimum atomic E-state index is 0.599. The Morgan fingerprint density at radius 2 is 2.14 bits per heavy atom. The molecule has 0 bridgehead atoms. The van der Waals surface area contributed by atoms with Crippen LogP contribution in [0.2, 0.25) is 0 Å². The van der Waals surface area contributed by atoms with E-state index in [1.54, 1.807) is 0 Å². The lowest BCUT2D eigenvalue weighted by Gasteiger charge is -2.28. The summed E-state index contributed by atoms with van der Waals surface area (Å²) in [5.74, 6) is 0.786. The Bertz CT molecular complexity index is 173. The van der Waals surface area contributed by atoms with E-state index < -0.39 is 0 Å². The molecule has 1 heterocycles. The average Bonchev–Trinajstić information content (AvgIpc) is 2.26. The second-order valence-electron chi connectivity index (χ2n) is 4.22. The third-order valence-corrected chi connectivity index (χ3v) is 3.15. The molecular formula is C12H23NO. The van der Waals surface area contributed by atoms with E-state index in [2.05, 4.69) is 25.7 Å². The lowest BCUT2D eigenvalue weighted by molar-refractivity contribution is 0.0563. The van der Waals surface area contributed by atoms with Gasteiger partial charge in [-0.25, -0.2) is 0 Å². The lowest BCUT2D eigenvalue weighted by atomic mass is 9.93. The number of hydrogen-bond acceptors (Lipinski definition) is 2. The molecule has 0 saturated carbocycles. The first-order valence-corrected chi connectivity index (χ1v) is 5.71. The SMILES string of the molecule is C=C(CC)CNC(C)C1CCOCC1. The molecule has 0 spiro atoms. The summed E-state index contributed by atoms with van der Waals surface area (Å²) in [4.78, 5) is 0. The monoisotopic (exact) mass is 197 g/mol. The van der Waals surface area contributed by atoms with Gasteiger partial charge in [-0.15, -0.1) is 0 Å². The van der Waals surface area contributed by atoms with Crippen molar-refractivity contribution in [2.45, 2.75) is 39.2 Å². The first-order valence-electron chi connectivity index (χ1n) is 5.71. The van der Waals surface area contributed by atoms with Crippen LogP contribution in [0.4, 0.5) is 0 Å². The predicted octanol–water partition coefficient (Wildman–Crippen LogP) is 2.36. The van der Waals surface area contributed by atoms with Crippen molar-refractivity contribution in [3.05, 3.63) is 12.2 Å². The molecule has 1 fully saturated rings. The topological polar surface area (TPSA) is 21.3 Å². The fourth-order valence-electron chi connectivity index (χ4n) is 1.81. The van der Waals surface area contributed by atoms with E-state index in [9.17, 15) is 0 Å². The van der Waals surface area contributed by atoms with Crippen molar-refractivity contribution in [1.82, 2.24) is 5.32 Å². The van der Waals surface area contributed by atoms with Crippen molar-refractivity contribution < 1.29 is 4.74 Å². The zero-order valence-electron chi connectivity index (χ0n) is 9.51. The van der Waals surface area contributed by atoms with Gasteiger partial charge in [-0.1, -0.05) is 19.1 Å². The maximum Gasteiger partial charge on any atom is 0.0469 e.